The number of ketones is 1. The van der Waals surface area contributed by atoms with Crippen molar-refractivity contribution in [2.45, 2.75) is 57.4 Å². The number of nitrogens with one attached hydrogen (secondary N) is 1. The molecule has 0 bridgehead atoms. The number of aryl methyl sites for hydroxylation is 1. The van der Waals surface area contributed by atoms with Crippen molar-refractivity contribution in [2.75, 3.05) is 6.54 Å². The minimum Gasteiger partial charge on any atom is -0.366 e. The van der Waals surface area contributed by atoms with Crippen molar-refractivity contribution >= 4 is 21.5 Å². The molecule has 0 unspecified atom stereocenters. The molecular weight excluding hydrogens is 434 g/mol. The molecule has 5 rings (SSSR count). The molecule has 0 amide bonds. The van der Waals surface area contributed by atoms with Gasteiger partial charge in [-0.2, -0.15) is 18.4 Å². The zero-order valence-corrected chi connectivity index (χ0v) is 20.1. The summed E-state index contributed by atoms with van der Waals surface area (Å²) in [5, 5.41) is 4.37. The quantitative estimate of drug-likeness (QED) is 0.690. The van der Waals surface area contributed by atoms with Crippen LogP contribution < -0.4 is 4.83 Å². The Morgan fingerprint density at radius 1 is 1.06 bits per heavy atom. The van der Waals surface area contributed by atoms with Crippen LogP contribution in [-0.2, 0) is 21.2 Å². The predicted octanol–water partition coefficient (Wildman–Crippen LogP) is 4.28. The highest BCUT2D eigenvalue weighted by atomic mass is 32.2. The number of allylic oxidation sites excluding steroid dienone is 2. The number of benzene rings is 2. The van der Waals surface area contributed by atoms with E-state index in [1.807, 2.05) is 13.0 Å². The van der Waals surface area contributed by atoms with Crippen LogP contribution in [-0.4, -0.2) is 31.4 Å². The van der Waals surface area contributed by atoms with Crippen LogP contribution in [0.25, 0.3) is 0 Å². The van der Waals surface area contributed by atoms with Crippen molar-refractivity contribution in [1.29, 1.82) is 0 Å². The second kappa shape index (κ2) is 7.83. The van der Waals surface area contributed by atoms with Gasteiger partial charge in [0.05, 0.1) is 22.2 Å². The van der Waals surface area contributed by atoms with Crippen LogP contribution in [0, 0.1) is 12.3 Å². The van der Waals surface area contributed by atoms with Gasteiger partial charge >= 0.3 is 0 Å². The van der Waals surface area contributed by atoms with Gasteiger partial charge in [0, 0.05) is 25.1 Å². The Morgan fingerprint density at radius 2 is 1.79 bits per heavy atom. The summed E-state index contributed by atoms with van der Waals surface area (Å²) in [6.07, 6.45) is 2.64. The molecule has 0 aromatic heterocycles. The van der Waals surface area contributed by atoms with Gasteiger partial charge in [-0.25, -0.2) is 0 Å². The van der Waals surface area contributed by atoms with E-state index in [0.29, 0.717) is 24.1 Å². The Hall–Kier alpha value is -2.93. The van der Waals surface area contributed by atoms with Crippen LogP contribution in [0.5, 0.6) is 0 Å². The van der Waals surface area contributed by atoms with Crippen molar-refractivity contribution in [2.24, 2.45) is 10.5 Å². The first kappa shape index (κ1) is 21.9. The maximum atomic E-state index is 13.3. The summed E-state index contributed by atoms with van der Waals surface area (Å²) in [6, 6.07) is 15.1. The smallest absolute Gasteiger partial charge is 0.276 e. The molecule has 6 nitrogen and oxygen atoms in total. The summed E-state index contributed by atoms with van der Waals surface area (Å²) < 4.78 is 25.8. The second-order valence-electron chi connectivity index (χ2n) is 10.1. The lowest BCUT2D eigenvalue weighted by Gasteiger charge is -2.48. The summed E-state index contributed by atoms with van der Waals surface area (Å²) >= 11 is 0. The normalized spacial score (nSPS) is 23.1. The number of rotatable bonds is 3. The molecular formula is C26H29N3O3S. The minimum atomic E-state index is -3.83. The highest BCUT2D eigenvalue weighted by molar-refractivity contribution is 7.89. The molecule has 2 aliphatic heterocycles. The Bertz CT molecular complexity index is 1290. The van der Waals surface area contributed by atoms with E-state index in [1.54, 1.807) is 24.3 Å². The molecule has 3 aliphatic rings. The van der Waals surface area contributed by atoms with Crippen molar-refractivity contribution in [3.05, 3.63) is 76.5 Å². The number of carbonyl (C=O) groups excluding carboxylic acids is 1. The molecule has 0 saturated carbocycles. The first-order valence-corrected chi connectivity index (χ1v) is 12.9. The van der Waals surface area contributed by atoms with E-state index in [9.17, 15) is 13.2 Å². The lowest BCUT2D eigenvalue weighted by molar-refractivity contribution is -0.118. The number of carbonyl (C=O) groups is 1. The van der Waals surface area contributed by atoms with E-state index in [2.05, 4.69) is 46.9 Å². The van der Waals surface area contributed by atoms with Gasteiger partial charge in [-0.1, -0.05) is 55.8 Å². The zero-order chi connectivity index (χ0) is 23.4. The fourth-order valence-electron chi connectivity index (χ4n) is 5.33. The Kier molecular flexibility index (Phi) is 5.20. The van der Waals surface area contributed by atoms with Crippen LogP contribution in [0.15, 0.2) is 69.8 Å². The van der Waals surface area contributed by atoms with Gasteiger partial charge in [0.1, 0.15) is 0 Å². The van der Waals surface area contributed by atoms with E-state index >= 15 is 0 Å². The number of hydrazone groups is 1. The molecule has 33 heavy (non-hydrogen) atoms. The lowest BCUT2D eigenvalue weighted by Crippen LogP contribution is -2.46. The van der Waals surface area contributed by atoms with E-state index in [1.165, 1.54) is 11.1 Å². The third-order valence-corrected chi connectivity index (χ3v) is 8.14. The number of Topliss-reactive ketones (excluding diaryl/α,β-unsaturated/α-hetero) is 1. The molecule has 0 spiro atoms. The highest BCUT2D eigenvalue weighted by Gasteiger charge is 2.44. The van der Waals surface area contributed by atoms with E-state index in [-0.39, 0.29) is 22.1 Å². The van der Waals surface area contributed by atoms with Crippen LogP contribution in [0.2, 0.25) is 0 Å². The van der Waals surface area contributed by atoms with Gasteiger partial charge in [0.2, 0.25) is 0 Å². The van der Waals surface area contributed by atoms with Crippen molar-refractivity contribution in [3.63, 3.8) is 0 Å². The number of hydrogen-bond acceptors (Lipinski definition) is 5. The highest BCUT2D eigenvalue weighted by Crippen LogP contribution is 2.47. The maximum Gasteiger partial charge on any atom is 0.276 e. The largest absolute Gasteiger partial charge is 0.366 e. The van der Waals surface area contributed by atoms with Crippen LogP contribution in [0.1, 0.15) is 55.8 Å². The average molecular weight is 464 g/mol. The van der Waals surface area contributed by atoms with Gasteiger partial charge in [-0.3, -0.25) is 4.79 Å². The number of fused-ring (bicyclic) bond motifs is 4. The summed E-state index contributed by atoms with van der Waals surface area (Å²) in [7, 11) is -3.83. The predicted molar refractivity (Wildman–Crippen MR) is 128 cm³/mol. The molecule has 2 heterocycles. The van der Waals surface area contributed by atoms with Gasteiger partial charge in [0.25, 0.3) is 10.0 Å². The molecule has 172 valence electrons. The van der Waals surface area contributed by atoms with Crippen LogP contribution in [0.4, 0.5) is 0 Å². The molecule has 0 radical (unpaired) electrons. The molecule has 2 aromatic carbocycles. The van der Waals surface area contributed by atoms with Gasteiger partial charge in [-0.15, -0.1) is 0 Å². The van der Waals surface area contributed by atoms with Gasteiger partial charge < -0.3 is 4.90 Å². The summed E-state index contributed by atoms with van der Waals surface area (Å²) in [6.45, 7) is 7.00. The SMILES string of the molecule is Cc1ccc(S(=O)(=O)NN=C2C[C@H]3c4ccccc4CCN3C3=C2C(=O)CC(C)(C)C3)cc1. The first-order valence-electron chi connectivity index (χ1n) is 11.4. The lowest BCUT2D eigenvalue weighted by atomic mass is 9.71. The van der Waals surface area contributed by atoms with Gasteiger partial charge in [-0.05, 0) is 48.4 Å². The van der Waals surface area contributed by atoms with E-state index in [0.717, 1.165) is 30.6 Å². The van der Waals surface area contributed by atoms with Crippen molar-refractivity contribution < 1.29 is 13.2 Å². The number of nitrogens with zero attached hydrogens (tertiary/aromatic N) is 2. The maximum absolute atomic E-state index is 13.3. The zero-order valence-electron chi connectivity index (χ0n) is 19.3. The molecule has 0 fully saturated rings. The van der Waals surface area contributed by atoms with Crippen LogP contribution in [0.3, 0.4) is 0 Å². The van der Waals surface area contributed by atoms with E-state index in [4.69, 9.17) is 0 Å². The standard InChI is InChI=1S/C26H29N3O3S/c1-17-8-10-19(11-9-17)33(31,32)28-27-21-14-22-20-7-5-4-6-18(20)12-13-29(22)23-15-26(2,3)16-24(30)25(21)23/h4-11,22,28H,12-16H2,1-3H3/t22-/m0/s1. The monoisotopic (exact) mass is 463 g/mol. The number of hydrogen-bond donors (Lipinski definition) is 1. The number of sulfonamides is 1. The molecule has 1 N–H and O–H groups in total. The molecule has 2 aromatic rings. The van der Waals surface area contributed by atoms with Crippen molar-refractivity contribution in [3.8, 4) is 0 Å². The fourth-order valence-corrected chi connectivity index (χ4v) is 6.16. The molecule has 0 saturated heterocycles. The third-order valence-electron chi connectivity index (χ3n) is 6.92. The summed E-state index contributed by atoms with van der Waals surface area (Å²) in [5.74, 6) is 0.0480. The Balaban J connectivity index is 1.57. The third kappa shape index (κ3) is 3.99. The summed E-state index contributed by atoms with van der Waals surface area (Å²) in [4.78, 5) is 18.2. The molecule has 1 aliphatic carbocycles. The first-order chi connectivity index (χ1) is 15.6. The Morgan fingerprint density at radius 3 is 2.55 bits per heavy atom. The summed E-state index contributed by atoms with van der Waals surface area (Å²) in [5.41, 5.74) is 5.55. The Labute approximate surface area is 195 Å². The average Bonchev–Trinajstić information content (AvgIpc) is 2.76. The topological polar surface area (TPSA) is 78.8 Å². The van der Waals surface area contributed by atoms with Gasteiger partial charge in [0.15, 0.2) is 5.78 Å². The molecule has 1 atom stereocenters. The van der Waals surface area contributed by atoms with E-state index < -0.39 is 10.0 Å². The second-order valence-corrected chi connectivity index (χ2v) is 11.8. The fraction of sp³-hybridized carbons (Fsp3) is 0.385. The van der Waals surface area contributed by atoms with Crippen molar-refractivity contribution in [1.82, 2.24) is 9.73 Å². The molecule has 7 heteroatoms. The van der Waals surface area contributed by atoms with Crippen LogP contribution >= 0.6 is 0 Å². The minimum absolute atomic E-state index is 0.0480.